The van der Waals surface area contributed by atoms with Crippen molar-refractivity contribution in [3.63, 3.8) is 0 Å². The first-order valence-electron chi connectivity index (χ1n) is 7.98. The van der Waals surface area contributed by atoms with E-state index in [2.05, 4.69) is 36.6 Å². The number of hydrogen-bond acceptors (Lipinski definition) is 4. The molecule has 0 radical (unpaired) electrons. The van der Waals surface area contributed by atoms with Crippen LogP contribution in [0, 0.1) is 11.3 Å². The Bertz CT molecular complexity index is 493. The Labute approximate surface area is 132 Å². The third-order valence-electron chi connectivity index (χ3n) is 3.99. The quantitative estimate of drug-likeness (QED) is 0.876. The van der Waals surface area contributed by atoms with Gasteiger partial charge in [-0.3, -0.25) is 0 Å². The van der Waals surface area contributed by atoms with Gasteiger partial charge in [0.05, 0.1) is 18.3 Å². The second-order valence-corrected chi connectivity index (χ2v) is 6.91. The molecule has 2 amide bonds. The molecule has 0 aromatic carbocycles. The molecular formula is C16H27N3O3. The zero-order valence-electron chi connectivity index (χ0n) is 13.9. The Morgan fingerprint density at radius 1 is 1.41 bits per heavy atom. The predicted molar refractivity (Wildman–Crippen MR) is 83.4 cm³/mol. The number of carbonyl (C=O) groups is 1. The lowest BCUT2D eigenvalue weighted by Crippen LogP contribution is -2.42. The van der Waals surface area contributed by atoms with E-state index in [1.807, 2.05) is 13.0 Å². The van der Waals surface area contributed by atoms with Crippen molar-refractivity contribution in [1.82, 2.24) is 15.8 Å². The smallest absolute Gasteiger partial charge is 0.315 e. The summed E-state index contributed by atoms with van der Waals surface area (Å²) in [6.07, 6.45) is 2.00. The van der Waals surface area contributed by atoms with Crippen molar-refractivity contribution in [1.29, 1.82) is 0 Å². The molecule has 6 nitrogen and oxygen atoms in total. The Hall–Kier alpha value is -1.56. The van der Waals surface area contributed by atoms with Crippen LogP contribution in [0.2, 0.25) is 0 Å². The van der Waals surface area contributed by atoms with Crippen molar-refractivity contribution in [2.24, 2.45) is 11.3 Å². The first-order valence-corrected chi connectivity index (χ1v) is 7.98. The Kier molecular flexibility index (Phi) is 5.45. The molecule has 1 aliphatic heterocycles. The average molecular weight is 309 g/mol. The van der Waals surface area contributed by atoms with Gasteiger partial charge < -0.3 is 19.9 Å². The number of aromatic nitrogens is 1. The first-order chi connectivity index (χ1) is 10.4. The van der Waals surface area contributed by atoms with Crippen LogP contribution in [0.3, 0.4) is 0 Å². The first kappa shape index (κ1) is 16.8. The van der Waals surface area contributed by atoms with E-state index >= 15 is 0 Å². The minimum atomic E-state index is -0.186. The van der Waals surface area contributed by atoms with Gasteiger partial charge in [0, 0.05) is 25.1 Å². The summed E-state index contributed by atoms with van der Waals surface area (Å²) in [5.74, 6) is 1.03. The summed E-state index contributed by atoms with van der Waals surface area (Å²) in [5, 5.41) is 9.61. The summed E-state index contributed by atoms with van der Waals surface area (Å²) in [6.45, 7) is 10.3. The van der Waals surface area contributed by atoms with E-state index in [4.69, 9.17) is 9.26 Å². The predicted octanol–water partition coefficient (Wildman–Crippen LogP) is 2.49. The van der Waals surface area contributed by atoms with E-state index < -0.39 is 0 Å². The maximum atomic E-state index is 11.9. The van der Waals surface area contributed by atoms with Gasteiger partial charge >= 0.3 is 6.03 Å². The van der Waals surface area contributed by atoms with Gasteiger partial charge in [-0.25, -0.2) is 4.79 Å². The largest absolute Gasteiger partial charge is 0.377 e. The van der Waals surface area contributed by atoms with Crippen LogP contribution < -0.4 is 10.6 Å². The lowest BCUT2D eigenvalue weighted by atomic mass is 9.81. The second kappa shape index (κ2) is 7.13. The monoisotopic (exact) mass is 309 g/mol. The zero-order chi connectivity index (χ0) is 16.2. The van der Waals surface area contributed by atoms with E-state index in [0.717, 1.165) is 25.1 Å². The van der Waals surface area contributed by atoms with Gasteiger partial charge in [0.1, 0.15) is 0 Å². The summed E-state index contributed by atoms with van der Waals surface area (Å²) in [7, 11) is 0. The van der Waals surface area contributed by atoms with E-state index in [0.29, 0.717) is 24.8 Å². The molecular weight excluding hydrogens is 282 g/mol. The summed E-state index contributed by atoms with van der Waals surface area (Å²) >= 11 is 0. The molecule has 1 aromatic heterocycles. The molecule has 22 heavy (non-hydrogen) atoms. The lowest BCUT2D eigenvalue weighted by Gasteiger charge is -2.31. The van der Waals surface area contributed by atoms with Crippen LogP contribution in [0.5, 0.6) is 0 Å². The molecule has 0 unspecified atom stereocenters. The molecule has 6 heteroatoms. The summed E-state index contributed by atoms with van der Waals surface area (Å²) < 4.78 is 10.9. The van der Waals surface area contributed by atoms with Crippen molar-refractivity contribution < 1.29 is 14.1 Å². The van der Waals surface area contributed by atoms with Crippen LogP contribution >= 0.6 is 0 Å². The van der Waals surface area contributed by atoms with Gasteiger partial charge in [-0.15, -0.1) is 0 Å². The SMILES string of the molecule is CCc1cc(CNC(=O)NC[C@H]2CCO[C@H]2C(C)(C)C)on1. The number of ether oxygens (including phenoxy) is 1. The van der Waals surface area contributed by atoms with Crippen molar-refractivity contribution >= 4 is 6.03 Å². The summed E-state index contributed by atoms with van der Waals surface area (Å²) in [6, 6.07) is 1.68. The molecule has 2 rings (SSSR count). The van der Waals surface area contributed by atoms with E-state index in [1.165, 1.54) is 0 Å². The molecule has 2 atom stereocenters. The highest BCUT2D eigenvalue weighted by Gasteiger charge is 2.37. The molecule has 1 saturated heterocycles. The van der Waals surface area contributed by atoms with Gasteiger partial charge in [0.25, 0.3) is 0 Å². The molecule has 1 fully saturated rings. The number of hydrogen-bond donors (Lipinski definition) is 2. The van der Waals surface area contributed by atoms with Crippen LogP contribution in [0.4, 0.5) is 4.79 Å². The maximum Gasteiger partial charge on any atom is 0.315 e. The maximum absolute atomic E-state index is 11.9. The highest BCUT2D eigenvalue weighted by molar-refractivity contribution is 5.73. The van der Waals surface area contributed by atoms with E-state index in [-0.39, 0.29) is 17.6 Å². The minimum absolute atomic E-state index is 0.0930. The molecule has 0 aliphatic carbocycles. The Morgan fingerprint density at radius 3 is 2.82 bits per heavy atom. The minimum Gasteiger partial charge on any atom is -0.377 e. The normalized spacial score (nSPS) is 21.8. The zero-order valence-corrected chi connectivity index (χ0v) is 13.9. The molecule has 0 saturated carbocycles. The number of nitrogens with zero attached hydrogens (tertiary/aromatic N) is 1. The van der Waals surface area contributed by atoms with Gasteiger partial charge in [0.2, 0.25) is 0 Å². The van der Waals surface area contributed by atoms with Crippen molar-refractivity contribution in [2.45, 2.75) is 53.2 Å². The van der Waals surface area contributed by atoms with Crippen molar-refractivity contribution in [3.8, 4) is 0 Å². The van der Waals surface area contributed by atoms with Crippen LogP contribution in [-0.4, -0.2) is 30.4 Å². The lowest BCUT2D eigenvalue weighted by molar-refractivity contribution is 0.00774. The number of rotatable bonds is 5. The standard InChI is InChI=1S/C16H27N3O3/c1-5-12-8-13(22-19-12)10-18-15(20)17-9-11-6-7-21-14(11)16(2,3)4/h8,11,14H,5-7,9-10H2,1-4H3,(H2,17,18,20)/t11-,14-/m1/s1. The topological polar surface area (TPSA) is 76.4 Å². The highest BCUT2D eigenvalue weighted by Crippen LogP contribution is 2.34. The van der Waals surface area contributed by atoms with Crippen LogP contribution in [0.25, 0.3) is 0 Å². The molecule has 1 aromatic rings. The van der Waals surface area contributed by atoms with Crippen molar-refractivity contribution in [2.75, 3.05) is 13.2 Å². The van der Waals surface area contributed by atoms with Crippen LogP contribution in [0.15, 0.2) is 10.6 Å². The fourth-order valence-electron chi connectivity index (χ4n) is 2.86. The average Bonchev–Trinajstić information content (AvgIpc) is 3.10. The fourth-order valence-corrected chi connectivity index (χ4v) is 2.86. The third-order valence-corrected chi connectivity index (χ3v) is 3.99. The molecule has 124 valence electrons. The Balaban J connectivity index is 1.73. The number of carbonyl (C=O) groups excluding carboxylic acids is 1. The van der Waals surface area contributed by atoms with Gasteiger partial charge in [-0.05, 0) is 18.3 Å². The number of aryl methyl sites for hydroxylation is 1. The summed E-state index contributed by atoms with van der Waals surface area (Å²) in [4.78, 5) is 11.9. The molecule has 2 N–H and O–H groups in total. The van der Waals surface area contributed by atoms with Gasteiger partial charge in [-0.2, -0.15) is 0 Å². The van der Waals surface area contributed by atoms with E-state index in [1.54, 1.807) is 0 Å². The molecule has 0 bridgehead atoms. The fraction of sp³-hybridized carbons (Fsp3) is 0.750. The van der Waals surface area contributed by atoms with Crippen LogP contribution in [0.1, 0.15) is 45.6 Å². The summed E-state index contributed by atoms with van der Waals surface area (Å²) in [5.41, 5.74) is 0.990. The Morgan fingerprint density at radius 2 is 2.18 bits per heavy atom. The van der Waals surface area contributed by atoms with Crippen molar-refractivity contribution in [3.05, 3.63) is 17.5 Å². The van der Waals surface area contributed by atoms with E-state index in [9.17, 15) is 4.79 Å². The molecule has 0 spiro atoms. The second-order valence-electron chi connectivity index (χ2n) is 6.91. The van der Waals surface area contributed by atoms with Gasteiger partial charge in [0.15, 0.2) is 5.76 Å². The molecule has 1 aliphatic rings. The van der Waals surface area contributed by atoms with Gasteiger partial charge in [-0.1, -0.05) is 32.9 Å². The number of nitrogens with one attached hydrogen (secondary N) is 2. The third kappa shape index (κ3) is 4.47. The number of amides is 2. The molecule has 2 heterocycles. The number of urea groups is 1. The van der Waals surface area contributed by atoms with Crippen LogP contribution in [-0.2, 0) is 17.7 Å². The highest BCUT2D eigenvalue weighted by atomic mass is 16.5.